The summed E-state index contributed by atoms with van der Waals surface area (Å²) in [6.45, 7) is 7.80. The standard InChI is InChI=1S/C13H28N2OS/c1-5-11(9-14)8-12(16)15-10-13(6-2,7-3)17-4/h11H,5-10,14H2,1-4H3,(H,15,16). The van der Waals surface area contributed by atoms with Gasteiger partial charge in [0.25, 0.3) is 0 Å². The monoisotopic (exact) mass is 260 g/mol. The van der Waals surface area contributed by atoms with Gasteiger partial charge in [0.15, 0.2) is 0 Å². The molecule has 0 aliphatic carbocycles. The maximum absolute atomic E-state index is 11.8. The van der Waals surface area contributed by atoms with E-state index in [9.17, 15) is 4.79 Å². The first-order chi connectivity index (χ1) is 8.07. The van der Waals surface area contributed by atoms with Crippen LogP contribution in [0.1, 0.15) is 46.5 Å². The van der Waals surface area contributed by atoms with Crippen molar-refractivity contribution >= 4 is 17.7 Å². The molecule has 3 N–H and O–H groups in total. The number of rotatable bonds is 9. The molecule has 0 spiro atoms. The van der Waals surface area contributed by atoms with Crippen molar-refractivity contribution in [3.8, 4) is 0 Å². The first-order valence-corrected chi connectivity index (χ1v) is 7.81. The summed E-state index contributed by atoms with van der Waals surface area (Å²) in [6, 6.07) is 0. The van der Waals surface area contributed by atoms with E-state index in [-0.39, 0.29) is 10.7 Å². The smallest absolute Gasteiger partial charge is 0.220 e. The van der Waals surface area contributed by atoms with Gasteiger partial charge in [0, 0.05) is 17.7 Å². The third-order valence-electron chi connectivity index (χ3n) is 3.71. The molecule has 0 radical (unpaired) electrons. The van der Waals surface area contributed by atoms with Crippen LogP contribution in [0.4, 0.5) is 0 Å². The highest BCUT2D eigenvalue weighted by Crippen LogP contribution is 2.29. The van der Waals surface area contributed by atoms with E-state index in [1.807, 2.05) is 11.8 Å². The van der Waals surface area contributed by atoms with Crippen molar-refractivity contribution in [3.63, 3.8) is 0 Å². The largest absolute Gasteiger partial charge is 0.355 e. The van der Waals surface area contributed by atoms with Gasteiger partial charge in [0.2, 0.25) is 5.91 Å². The lowest BCUT2D eigenvalue weighted by atomic mass is 10.0. The van der Waals surface area contributed by atoms with Crippen molar-refractivity contribution in [3.05, 3.63) is 0 Å². The van der Waals surface area contributed by atoms with E-state index in [0.717, 1.165) is 25.8 Å². The van der Waals surface area contributed by atoms with Crippen LogP contribution >= 0.6 is 11.8 Å². The lowest BCUT2D eigenvalue weighted by Gasteiger charge is -2.30. The number of thioether (sulfide) groups is 1. The van der Waals surface area contributed by atoms with Crippen LogP contribution in [0.5, 0.6) is 0 Å². The number of hydrogen-bond acceptors (Lipinski definition) is 3. The number of carbonyl (C=O) groups excluding carboxylic acids is 1. The minimum absolute atomic E-state index is 0.141. The molecule has 3 nitrogen and oxygen atoms in total. The van der Waals surface area contributed by atoms with Gasteiger partial charge in [-0.05, 0) is 31.6 Å². The minimum Gasteiger partial charge on any atom is -0.355 e. The molecule has 0 aliphatic heterocycles. The molecule has 0 aliphatic rings. The summed E-state index contributed by atoms with van der Waals surface area (Å²) in [5, 5.41) is 3.06. The predicted octanol–water partition coefficient (Wildman–Crippen LogP) is 2.40. The molecule has 4 heteroatoms. The van der Waals surface area contributed by atoms with Gasteiger partial charge < -0.3 is 11.1 Å². The van der Waals surface area contributed by atoms with Gasteiger partial charge in [-0.2, -0.15) is 11.8 Å². The van der Waals surface area contributed by atoms with Crippen LogP contribution < -0.4 is 11.1 Å². The topological polar surface area (TPSA) is 55.1 Å². The molecule has 0 aromatic rings. The highest BCUT2D eigenvalue weighted by atomic mass is 32.2. The fraction of sp³-hybridized carbons (Fsp3) is 0.923. The molecule has 0 heterocycles. The zero-order chi connectivity index (χ0) is 13.3. The van der Waals surface area contributed by atoms with Gasteiger partial charge >= 0.3 is 0 Å². The fourth-order valence-electron chi connectivity index (χ4n) is 1.85. The lowest BCUT2D eigenvalue weighted by molar-refractivity contribution is -0.122. The van der Waals surface area contributed by atoms with E-state index in [1.54, 1.807) is 0 Å². The molecule has 1 unspecified atom stereocenters. The van der Waals surface area contributed by atoms with Gasteiger partial charge in [-0.3, -0.25) is 4.79 Å². The highest BCUT2D eigenvalue weighted by Gasteiger charge is 2.25. The number of hydrogen-bond donors (Lipinski definition) is 2. The number of nitrogens with one attached hydrogen (secondary N) is 1. The summed E-state index contributed by atoms with van der Waals surface area (Å²) in [7, 11) is 0. The van der Waals surface area contributed by atoms with Gasteiger partial charge in [0.1, 0.15) is 0 Å². The molecule has 0 aromatic carbocycles. The molecule has 17 heavy (non-hydrogen) atoms. The number of nitrogens with two attached hydrogens (primary N) is 1. The van der Waals surface area contributed by atoms with E-state index >= 15 is 0 Å². The average Bonchev–Trinajstić information content (AvgIpc) is 2.38. The molecule has 0 rings (SSSR count). The van der Waals surface area contributed by atoms with Gasteiger partial charge in [-0.15, -0.1) is 0 Å². The Morgan fingerprint density at radius 3 is 2.29 bits per heavy atom. The summed E-state index contributed by atoms with van der Waals surface area (Å²) in [6.07, 6.45) is 5.82. The molecular formula is C13H28N2OS. The zero-order valence-corrected chi connectivity index (χ0v) is 12.5. The Kier molecular flexibility index (Phi) is 8.70. The average molecular weight is 260 g/mol. The Bertz CT molecular complexity index is 205. The first-order valence-electron chi connectivity index (χ1n) is 6.59. The maximum Gasteiger partial charge on any atom is 0.220 e. The van der Waals surface area contributed by atoms with Gasteiger partial charge in [-0.1, -0.05) is 27.2 Å². The molecule has 0 aromatic heterocycles. The molecule has 0 saturated carbocycles. The van der Waals surface area contributed by atoms with Crippen LogP contribution in [0.25, 0.3) is 0 Å². The number of amides is 1. The van der Waals surface area contributed by atoms with Gasteiger partial charge in [-0.25, -0.2) is 0 Å². The second kappa shape index (κ2) is 8.81. The third-order valence-corrected chi connectivity index (χ3v) is 5.30. The Hall–Kier alpha value is -0.220. The summed E-state index contributed by atoms with van der Waals surface area (Å²) in [4.78, 5) is 11.8. The third kappa shape index (κ3) is 5.77. The maximum atomic E-state index is 11.8. The van der Waals surface area contributed by atoms with Crippen molar-refractivity contribution in [1.82, 2.24) is 5.32 Å². The Morgan fingerprint density at radius 2 is 1.94 bits per heavy atom. The van der Waals surface area contributed by atoms with Crippen LogP contribution in [0.2, 0.25) is 0 Å². The van der Waals surface area contributed by atoms with Gasteiger partial charge in [0.05, 0.1) is 0 Å². The lowest BCUT2D eigenvalue weighted by Crippen LogP contribution is -2.40. The minimum atomic E-state index is 0.141. The van der Waals surface area contributed by atoms with Crippen LogP contribution in [0, 0.1) is 5.92 Å². The Morgan fingerprint density at radius 1 is 1.35 bits per heavy atom. The predicted molar refractivity (Wildman–Crippen MR) is 77.3 cm³/mol. The van der Waals surface area contributed by atoms with E-state index < -0.39 is 0 Å². The summed E-state index contributed by atoms with van der Waals surface area (Å²) in [5.74, 6) is 0.463. The second-order valence-electron chi connectivity index (χ2n) is 4.59. The molecular weight excluding hydrogens is 232 g/mol. The van der Waals surface area contributed by atoms with Crippen molar-refractivity contribution in [2.75, 3.05) is 19.3 Å². The fourth-order valence-corrected chi connectivity index (χ4v) is 2.64. The highest BCUT2D eigenvalue weighted by molar-refractivity contribution is 8.00. The quantitative estimate of drug-likeness (QED) is 0.669. The van der Waals surface area contributed by atoms with Crippen molar-refractivity contribution < 1.29 is 4.79 Å². The van der Waals surface area contributed by atoms with Crippen LogP contribution in [0.15, 0.2) is 0 Å². The first kappa shape index (κ1) is 16.8. The Labute approximate surface area is 110 Å². The Balaban J connectivity index is 4.13. The number of carbonyl (C=O) groups is 1. The summed E-state index contributed by atoms with van der Waals surface area (Å²) < 4.78 is 0.195. The van der Waals surface area contributed by atoms with Crippen molar-refractivity contribution in [1.29, 1.82) is 0 Å². The molecule has 0 fully saturated rings. The van der Waals surface area contributed by atoms with E-state index in [2.05, 4.69) is 32.3 Å². The second-order valence-corrected chi connectivity index (χ2v) is 5.86. The van der Waals surface area contributed by atoms with Crippen LogP contribution in [-0.4, -0.2) is 30.0 Å². The molecule has 1 atom stereocenters. The molecule has 1 amide bonds. The summed E-state index contributed by atoms with van der Waals surface area (Å²) in [5.41, 5.74) is 5.61. The van der Waals surface area contributed by atoms with Crippen LogP contribution in [0.3, 0.4) is 0 Å². The van der Waals surface area contributed by atoms with E-state index in [1.165, 1.54) is 0 Å². The van der Waals surface area contributed by atoms with E-state index in [4.69, 9.17) is 5.73 Å². The van der Waals surface area contributed by atoms with Crippen LogP contribution in [-0.2, 0) is 4.79 Å². The van der Waals surface area contributed by atoms with Crippen molar-refractivity contribution in [2.45, 2.75) is 51.2 Å². The van der Waals surface area contributed by atoms with E-state index in [0.29, 0.717) is 18.9 Å². The molecule has 102 valence electrons. The van der Waals surface area contributed by atoms with Crippen molar-refractivity contribution in [2.24, 2.45) is 11.7 Å². The molecule has 0 saturated heterocycles. The summed E-state index contributed by atoms with van der Waals surface area (Å²) >= 11 is 1.85. The zero-order valence-electron chi connectivity index (χ0n) is 11.7. The molecule has 0 bridgehead atoms. The normalized spacial score (nSPS) is 13.5. The SMILES string of the molecule is CCC(CN)CC(=O)NCC(CC)(CC)SC.